The fraction of sp³-hybridized carbons (Fsp3) is 0.462. The van der Waals surface area contributed by atoms with E-state index in [1.165, 1.54) is 11.2 Å². The van der Waals surface area contributed by atoms with Crippen molar-refractivity contribution in [3.63, 3.8) is 0 Å². The van der Waals surface area contributed by atoms with Crippen LogP contribution in [0.3, 0.4) is 0 Å². The maximum atomic E-state index is 12.1. The summed E-state index contributed by atoms with van der Waals surface area (Å²) in [5, 5.41) is 5.28. The van der Waals surface area contributed by atoms with Gasteiger partial charge in [0.15, 0.2) is 0 Å². The Morgan fingerprint density at radius 3 is 3.05 bits per heavy atom. The number of carbonyl (C=O) groups is 3. The van der Waals surface area contributed by atoms with Crippen LogP contribution >= 0.6 is 0 Å². The molecule has 1 aromatic heterocycles. The van der Waals surface area contributed by atoms with Gasteiger partial charge in [-0.05, 0) is 12.1 Å². The molecule has 0 aromatic carbocycles. The second kappa shape index (κ2) is 5.47. The molecule has 112 valence electrons. The number of rotatable bonds is 2. The normalized spacial score (nSPS) is 21.8. The van der Waals surface area contributed by atoms with Crippen LogP contribution in [0, 0.1) is 0 Å². The molecule has 3 heterocycles. The van der Waals surface area contributed by atoms with Crippen LogP contribution < -0.4 is 10.6 Å². The predicted molar refractivity (Wildman–Crippen MR) is 71.0 cm³/mol. The summed E-state index contributed by atoms with van der Waals surface area (Å²) in [7, 11) is 0. The number of furan rings is 1. The van der Waals surface area contributed by atoms with E-state index in [-0.39, 0.29) is 30.9 Å². The molecule has 2 aliphatic heterocycles. The first-order valence-electron chi connectivity index (χ1n) is 6.77. The molecule has 21 heavy (non-hydrogen) atoms. The van der Waals surface area contributed by atoms with Crippen molar-refractivity contribution < 1.29 is 18.8 Å². The van der Waals surface area contributed by atoms with Gasteiger partial charge in [-0.3, -0.25) is 9.59 Å². The molecule has 1 atom stereocenters. The molecule has 1 aromatic rings. The minimum absolute atomic E-state index is 0.0417. The number of carbonyl (C=O) groups excluding carboxylic acids is 3. The number of nitrogens with one attached hydrogen (secondary N) is 2. The van der Waals surface area contributed by atoms with Crippen molar-refractivity contribution in [3.8, 4) is 0 Å². The van der Waals surface area contributed by atoms with Crippen molar-refractivity contribution in [2.75, 3.05) is 26.2 Å². The highest BCUT2D eigenvalue weighted by Gasteiger charge is 2.39. The number of fused-ring (bicyclic) bond motifs is 1. The molecule has 2 N–H and O–H groups in total. The maximum Gasteiger partial charge on any atom is 0.317 e. The summed E-state index contributed by atoms with van der Waals surface area (Å²) in [6.07, 6.45) is 1.54. The third-order valence-electron chi connectivity index (χ3n) is 3.70. The number of urea groups is 1. The second-order valence-electron chi connectivity index (χ2n) is 5.00. The Bertz CT molecular complexity index is 557. The average Bonchev–Trinajstić information content (AvgIpc) is 3.02. The highest BCUT2D eigenvalue weighted by molar-refractivity contribution is 5.95. The third-order valence-corrected chi connectivity index (χ3v) is 3.70. The minimum atomic E-state index is -0.589. The quantitative estimate of drug-likeness (QED) is 0.741. The van der Waals surface area contributed by atoms with Crippen LogP contribution in [-0.2, 0) is 16.1 Å². The number of amides is 4. The number of hydrogen-bond acceptors (Lipinski definition) is 4. The van der Waals surface area contributed by atoms with Crippen LogP contribution in [0.1, 0.15) is 5.76 Å². The Hall–Kier alpha value is -2.51. The Labute approximate surface area is 121 Å². The first-order chi connectivity index (χ1) is 10.1. The van der Waals surface area contributed by atoms with E-state index >= 15 is 0 Å². The fourth-order valence-corrected chi connectivity index (χ4v) is 2.56. The number of piperazine rings is 2. The molecule has 0 saturated carbocycles. The van der Waals surface area contributed by atoms with Gasteiger partial charge in [0, 0.05) is 13.1 Å². The molecule has 2 saturated heterocycles. The van der Waals surface area contributed by atoms with Gasteiger partial charge in [-0.2, -0.15) is 0 Å². The number of nitrogens with zero attached hydrogens (tertiary/aromatic N) is 2. The van der Waals surface area contributed by atoms with E-state index in [2.05, 4.69) is 10.6 Å². The first kappa shape index (κ1) is 13.5. The van der Waals surface area contributed by atoms with E-state index in [9.17, 15) is 14.4 Å². The molecular formula is C13H16N4O4. The Kier molecular flexibility index (Phi) is 3.51. The molecule has 4 amide bonds. The monoisotopic (exact) mass is 292 g/mol. The van der Waals surface area contributed by atoms with Gasteiger partial charge in [-0.1, -0.05) is 0 Å². The second-order valence-corrected chi connectivity index (χ2v) is 5.00. The van der Waals surface area contributed by atoms with Crippen molar-refractivity contribution in [2.45, 2.75) is 12.6 Å². The molecule has 0 spiro atoms. The predicted octanol–water partition coefficient (Wildman–Crippen LogP) is -0.868. The van der Waals surface area contributed by atoms with Gasteiger partial charge in [0.2, 0.25) is 11.8 Å². The van der Waals surface area contributed by atoms with Gasteiger partial charge in [-0.25, -0.2) is 4.79 Å². The fourth-order valence-electron chi connectivity index (χ4n) is 2.56. The first-order valence-corrected chi connectivity index (χ1v) is 6.77. The van der Waals surface area contributed by atoms with Crippen LogP contribution in [0.5, 0.6) is 0 Å². The molecule has 0 radical (unpaired) electrons. The van der Waals surface area contributed by atoms with Gasteiger partial charge in [0.1, 0.15) is 11.8 Å². The minimum Gasteiger partial charge on any atom is -0.467 e. The summed E-state index contributed by atoms with van der Waals surface area (Å²) in [6, 6.07) is 2.66. The highest BCUT2D eigenvalue weighted by Crippen LogP contribution is 2.13. The Morgan fingerprint density at radius 1 is 1.43 bits per heavy atom. The summed E-state index contributed by atoms with van der Waals surface area (Å²) in [4.78, 5) is 38.7. The summed E-state index contributed by atoms with van der Waals surface area (Å²) < 4.78 is 5.14. The zero-order valence-corrected chi connectivity index (χ0v) is 11.4. The van der Waals surface area contributed by atoms with Gasteiger partial charge in [-0.15, -0.1) is 0 Å². The standard InChI is InChI=1S/C13H16N4O4/c18-11-7-14-12(19)10-8-16(3-4-17(10)11)13(20)15-6-9-2-1-5-21-9/h1-2,5,10H,3-4,6-8H2,(H,14,19)(H,15,20)/t10-/m0/s1. The maximum absolute atomic E-state index is 12.1. The van der Waals surface area contributed by atoms with E-state index in [0.717, 1.165) is 0 Å². The van der Waals surface area contributed by atoms with E-state index in [4.69, 9.17) is 4.42 Å². The van der Waals surface area contributed by atoms with Crippen LogP contribution in [0.15, 0.2) is 22.8 Å². The van der Waals surface area contributed by atoms with E-state index < -0.39 is 6.04 Å². The van der Waals surface area contributed by atoms with Crippen LogP contribution in [0.25, 0.3) is 0 Å². The summed E-state index contributed by atoms with van der Waals surface area (Å²) in [5.74, 6) is 0.348. The molecule has 0 unspecified atom stereocenters. The molecule has 8 nitrogen and oxygen atoms in total. The largest absolute Gasteiger partial charge is 0.467 e. The van der Waals surface area contributed by atoms with E-state index in [0.29, 0.717) is 25.4 Å². The Balaban J connectivity index is 1.58. The zero-order valence-electron chi connectivity index (χ0n) is 11.4. The number of hydrogen-bond donors (Lipinski definition) is 2. The lowest BCUT2D eigenvalue weighted by Crippen LogP contribution is -2.67. The van der Waals surface area contributed by atoms with Crippen molar-refractivity contribution >= 4 is 17.8 Å². The van der Waals surface area contributed by atoms with Gasteiger partial charge < -0.3 is 24.9 Å². The SMILES string of the molecule is O=C1NCC(=O)N2CCN(C(=O)NCc3ccco3)C[C@@H]12. The molecule has 2 fully saturated rings. The topological polar surface area (TPSA) is 94.9 Å². The molecule has 3 rings (SSSR count). The lowest BCUT2D eigenvalue weighted by atomic mass is 10.1. The zero-order chi connectivity index (χ0) is 14.8. The van der Waals surface area contributed by atoms with Crippen molar-refractivity contribution in [1.82, 2.24) is 20.4 Å². The van der Waals surface area contributed by atoms with Gasteiger partial charge >= 0.3 is 6.03 Å². The molecule has 8 heteroatoms. The molecule has 0 bridgehead atoms. The summed E-state index contributed by atoms with van der Waals surface area (Å²) in [5.41, 5.74) is 0. The summed E-state index contributed by atoms with van der Waals surface area (Å²) >= 11 is 0. The van der Waals surface area contributed by atoms with E-state index in [1.807, 2.05) is 0 Å². The highest BCUT2D eigenvalue weighted by atomic mass is 16.3. The molecule has 2 aliphatic rings. The average molecular weight is 292 g/mol. The summed E-state index contributed by atoms with van der Waals surface area (Å²) in [6.45, 7) is 1.34. The molecule has 0 aliphatic carbocycles. The van der Waals surface area contributed by atoms with Crippen LogP contribution in [-0.4, -0.2) is 59.9 Å². The lowest BCUT2D eigenvalue weighted by molar-refractivity contribution is -0.148. The lowest BCUT2D eigenvalue weighted by Gasteiger charge is -2.42. The Morgan fingerprint density at radius 2 is 2.29 bits per heavy atom. The van der Waals surface area contributed by atoms with Crippen LogP contribution in [0.2, 0.25) is 0 Å². The third kappa shape index (κ3) is 2.69. The molecular weight excluding hydrogens is 276 g/mol. The smallest absolute Gasteiger partial charge is 0.317 e. The van der Waals surface area contributed by atoms with Crippen molar-refractivity contribution in [2.24, 2.45) is 0 Å². The van der Waals surface area contributed by atoms with Crippen molar-refractivity contribution in [1.29, 1.82) is 0 Å². The van der Waals surface area contributed by atoms with Crippen molar-refractivity contribution in [3.05, 3.63) is 24.2 Å². The van der Waals surface area contributed by atoms with Gasteiger partial charge in [0.25, 0.3) is 0 Å². The van der Waals surface area contributed by atoms with Gasteiger partial charge in [0.05, 0.1) is 25.9 Å². The van der Waals surface area contributed by atoms with E-state index in [1.54, 1.807) is 17.0 Å². The van der Waals surface area contributed by atoms with Crippen LogP contribution in [0.4, 0.5) is 4.79 Å².